The van der Waals surface area contributed by atoms with E-state index in [1.807, 2.05) is 18.2 Å². The van der Waals surface area contributed by atoms with Crippen LogP contribution in [-0.2, 0) is 9.53 Å². The number of methoxy groups -OCH3 is 1. The number of rotatable bonds is 1. The van der Waals surface area contributed by atoms with Crippen LogP contribution in [0.1, 0.15) is 11.6 Å². The number of carbonyl (C=O) groups is 1. The van der Waals surface area contributed by atoms with Crippen molar-refractivity contribution in [3.05, 3.63) is 28.2 Å². The second-order valence-electron chi connectivity index (χ2n) is 2.86. The van der Waals surface area contributed by atoms with Gasteiger partial charge in [-0.3, -0.25) is 0 Å². The Balaban J connectivity index is 2.38. The summed E-state index contributed by atoms with van der Waals surface area (Å²) in [6, 6.07) is 5.51. The van der Waals surface area contributed by atoms with E-state index in [1.54, 1.807) is 0 Å². The number of hydrogen-bond acceptors (Lipinski definition) is 4. The molecule has 0 spiro atoms. The maximum Gasteiger partial charge on any atom is 0.328 e. The third-order valence-electron chi connectivity index (χ3n) is 2.01. The SMILES string of the molecule is COC(=O)C1NSc2ccc(Br)cc21. The van der Waals surface area contributed by atoms with E-state index in [9.17, 15) is 4.79 Å². The average Bonchev–Trinajstić information content (AvgIpc) is 2.59. The molecule has 0 bridgehead atoms. The van der Waals surface area contributed by atoms with Gasteiger partial charge >= 0.3 is 5.97 Å². The lowest BCUT2D eigenvalue weighted by Gasteiger charge is -2.07. The Kier molecular flexibility index (Phi) is 2.80. The summed E-state index contributed by atoms with van der Waals surface area (Å²) in [6.07, 6.45) is 0. The zero-order chi connectivity index (χ0) is 10.1. The van der Waals surface area contributed by atoms with Gasteiger partial charge in [-0.1, -0.05) is 15.9 Å². The lowest BCUT2D eigenvalue weighted by Crippen LogP contribution is -2.20. The first kappa shape index (κ1) is 10.0. The second-order valence-corrected chi connectivity index (χ2v) is 4.65. The second kappa shape index (κ2) is 3.92. The highest BCUT2D eigenvalue weighted by Crippen LogP contribution is 2.36. The Morgan fingerprint density at radius 1 is 1.64 bits per heavy atom. The molecular formula is C9H8BrNO2S. The van der Waals surface area contributed by atoms with Crippen molar-refractivity contribution in [3.63, 3.8) is 0 Å². The number of carbonyl (C=O) groups excluding carboxylic acids is 1. The lowest BCUT2D eigenvalue weighted by molar-refractivity contribution is -0.142. The molecule has 14 heavy (non-hydrogen) atoms. The van der Waals surface area contributed by atoms with E-state index in [0.717, 1.165) is 14.9 Å². The Hall–Kier alpha value is -0.520. The van der Waals surface area contributed by atoms with Crippen molar-refractivity contribution in [3.8, 4) is 0 Å². The fraction of sp³-hybridized carbons (Fsp3) is 0.222. The molecule has 1 N–H and O–H groups in total. The van der Waals surface area contributed by atoms with E-state index in [4.69, 9.17) is 4.74 Å². The quantitative estimate of drug-likeness (QED) is 0.630. The molecule has 1 unspecified atom stereocenters. The minimum Gasteiger partial charge on any atom is -0.468 e. The highest BCUT2D eigenvalue weighted by Gasteiger charge is 2.29. The predicted octanol–water partition coefficient (Wildman–Crippen LogP) is 2.27. The molecule has 0 radical (unpaired) electrons. The summed E-state index contributed by atoms with van der Waals surface area (Å²) >= 11 is 4.83. The molecule has 0 fully saturated rings. The molecule has 2 rings (SSSR count). The molecule has 3 nitrogen and oxygen atoms in total. The summed E-state index contributed by atoms with van der Waals surface area (Å²) < 4.78 is 8.69. The van der Waals surface area contributed by atoms with Crippen LogP contribution in [0.4, 0.5) is 0 Å². The zero-order valence-corrected chi connectivity index (χ0v) is 9.81. The first-order valence-electron chi connectivity index (χ1n) is 4.02. The summed E-state index contributed by atoms with van der Waals surface area (Å²) in [4.78, 5) is 12.4. The molecule has 0 saturated heterocycles. The number of nitrogens with one attached hydrogen (secondary N) is 1. The van der Waals surface area contributed by atoms with Gasteiger partial charge in [-0.2, -0.15) is 0 Å². The fourth-order valence-electron chi connectivity index (χ4n) is 1.32. The molecule has 0 amide bonds. The van der Waals surface area contributed by atoms with Crippen molar-refractivity contribution in [2.24, 2.45) is 0 Å². The molecule has 0 saturated carbocycles. The van der Waals surface area contributed by atoms with Crippen LogP contribution in [0.5, 0.6) is 0 Å². The van der Waals surface area contributed by atoms with Gasteiger partial charge in [0.25, 0.3) is 0 Å². The normalized spacial score (nSPS) is 19.1. The van der Waals surface area contributed by atoms with Crippen LogP contribution in [0.15, 0.2) is 27.6 Å². The monoisotopic (exact) mass is 273 g/mol. The third-order valence-corrected chi connectivity index (χ3v) is 3.44. The molecule has 1 aliphatic heterocycles. The molecule has 1 aromatic rings. The van der Waals surface area contributed by atoms with Crippen molar-refractivity contribution in [2.75, 3.05) is 7.11 Å². The maximum atomic E-state index is 11.4. The van der Waals surface area contributed by atoms with E-state index in [0.29, 0.717) is 0 Å². The van der Waals surface area contributed by atoms with Crippen LogP contribution >= 0.6 is 27.9 Å². The van der Waals surface area contributed by atoms with E-state index < -0.39 is 0 Å². The van der Waals surface area contributed by atoms with Crippen molar-refractivity contribution in [1.82, 2.24) is 4.72 Å². The van der Waals surface area contributed by atoms with Gasteiger partial charge in [0.2, 0.25) is 0 Å². The number of benzene rings is 1. The molecule has 1 heterocycles. The van der Waals surface area contributed by atoms with Gasteiger partial charge in [0.15, 0.2) is 0 Å². The summed E-state index contributed by atoms with van der Waals surface area (Å²) in [7, 11) is 1.39. The van der Waals surface area contributed by atoms with E-state index in [2.05, 4.69) is 20.7 Å². The first-order chi connectivity index (χ1) is 6.72. The third kappa shape index (κ3) is 1.67. The van der Waals surface area contributed by atoms with Gasteiger partial charge < -0.3 is 4.74 Å². The van der Waals surface area contributed by atoms with Crippen molar-refractivity contribution >= 4 is 33.8 Å². The number of halogens is 1. The number of esters is 1. The summed E-state index contributed by atoms with van der Waals surface area (Å²) in [6.45, 7) is 0. The van der Waals surface area contributed by atoms with Crippen molar-refractivity contribution in [2.45, 2.75) is 10.9 Å². The fourth-order valence-corrected chi connectivity index (χ4v) is 2.59. The summed E-state index contributed by atoms with van der Waals surface area (Å²) in [5, 5.41) is 0. The molecule has 74 valence electrons. The Morgan fingerprint density at radius 2 is 2.43 bits per heavy atom. The van der Waals surface area contributed by atoms with Gasteiger partial charge in [-0.05, 0) is 35.7 Å². The Morgan fingerprint density at radius 3 is 3.14 bits per heavy atom. The van der Waals surface area contributed by atoms with Gasteiger partial charge in [0.05, 0.1) is 7.11 Å². The Bertz CT molecular complexity index is 383. The van der Waals surface area contributed by atoms with Crippen LogP contribution in [0.25, 0.3) is 0 Å². The zero-order valence-electron chi connectivity index (χ0n) is 7.41. The molecule has 1 atom stereocenters. The molecule has 1 aliphatic rings. The summed E-state index contributed by atoms with van der Waals surface area (Å²) in [5.41, 5.74) is 0.969. The molecule has 1 aromatic carbocycles. The maximum absolute atomic E-state index is 11.4. The van der Waals surface area contributed by atoms with Gasteiger partial charge in [0.1, 0.15) is 6.04 Å². The standard InChI is InChI=1S/C9H8BrNO2S/c1-13-9(12)8-6-4-5(10)2-3-7(6)14-11-8/h2-4,8,11H,1H3. The smallest absolute Gasteiger partial charge is 0.328 e. The van der Waals surface area contributed by atoms with E-state index in [-0.39, 0.29) is 12.0 Å². The minimum atomic E-state index is -0.350. The topological polar surface area (TPSA) is 38.3 Å². The number of fused-ring (bicyclic) bond motifs is 1. The summed E-state index contributed by atoms with van der Waals surface area (Å²) in [5.74, 6) is -0.255. The molecule has 0 aliphatic carbocycles. The molecule has 5 heteroatoms. The lowest BCUT2D eigenvalue weighted by atomic mass is 10.1. The molecular weight excluding hydrogens is 266 g/mol. The highest BCUT2D eigenvalue weighted by atomic mass is 79.9. The van der Waals surface area contributed by atoms with Crippen LogP contribution in [0, 0.1) is 0 Å². The minimum absolute atomic E-state index is 0.255. The predicted molar refractivity (Wildman–Crippen MR) is 57.9 cm³/mol. The van der Waals surface area contributed by atoms with Crippen LogP contribution < -0.4 is 4.72 Å². The van der Waals surface area contributed by atoms with Gasteiger partial charge in [-0.15, -0.1) is 0 Å². The van der Waals surface area contributed by atoms with Crippen LogP contribution in [-0.4, -0.2) is 13.1 Å². The van der Waals surface area contributed by atoms with E-state index >= 15 is 0 Å². The van der Waals surface area contributed by atoms with Gasteiger partial charge in [-0.25, -0.2) is 9.52 Å². The number of ether oxygens (including phenoxy) is 1. The highest BCUT2D eigenvalue weighted by molar-refractivity contribution is 9.10. The van der Waals surface area contributed by atoms with E-state index in [1.165, 1.54) is 19.1 Å². The largest absolute Gasteiger partial charge is 0.468 e. The van der Waals surface area contributed by atoms with Gasteiger partial charge in [0, 0.05) is 9.37 Å². The number of hydrogen-bond donors (Lipinski definition) is 1. The van der Waals surface area contributed by atoms with Crippen LogP contribution in [0.2, 0.25) is 0 Å². The first-order valence-corrected chi connectivity index (χ1v) is 5.63. The average molecular weight is 274 g/mol. The van der Waals surface area contributed by atoms with Crippen molar-refractivity contribution in [1.29, 1.82) is 0 Å². The Labute approximate surface area is 94.5 Å². The van der Waals surface area contributed by atoms with Crippen LogP contribution in [0.3, 0.4) is 0 Å². The van der Waals surface area contributed by atoms with Crippen molar-refractivity contribution < 1.29 is 9.53 Å². The molecule has 0 aromatic heterocycles.